The van der Waals surface area contributed by atoms with E-state index < -0.39 is 0 Å². The maximum atomic E-state index is 5.29. The van der Waals surface area contributed by atoms with Gasteiger partial charge in [0.2, 0.25) is 0 Å². The highest BCUT2D eigenvalue weighted by Gasteiger charge is 2.15. The lowest BCUT2D eigenvalue weighted by molar-refractivity contribution is 0.976. The summed E-state index contributed by atoms with van der Waals surface area (Å²) in [6.07, 6.45) is 7.81. The Morgan fingerprint density at radius 2 is 2.43 bits per heavy atom. The Kier molecular flexibility index (Phi) is 5.34. The number of hydrogen-bond donors (Lipinski definition) is 2. The number of fused-ring (bicyclic) bond motifs is 1. The van der Waals surface area contributed by atoms with E-state index in [1.807, 2.05) is 25.1 Å². The minimum absolute atomic E-state index is 0.576. The molecule has 0 fully saturated rings. The topological polar surface area (TPSA) is 61.7 Å². The predicted molar refractivity (Wildman–Crippen MR) is 92.1 cm³/mol. The van der Waals surface area contributed by atoms with E-state index in [0.717, 1.165) is 35.6 Å². The van der Waals surface area contributed by atoms with E-state index in [2.05, 4.69) is 32.5 Å². The van der Waals surface area contributed by atoms with Gasteiger partial charge in [-0.15, -0.1) is 0 Å². The van der Waals surface area contributed by atoms with E-state index in [1.165, 1.54) is 0 Å². The summed E-state index contributed by atoms with van der Waals surface area (Å²) in [5, 5.41) is 7.69. The number of hydrazone groups is 1. The van der Waals surface area contributed by atoms with Crippen LogP contribution in [0.15, 0.2) is 52.3 Å². The van der Waals surface area contributed by atoms with Gasteiger partial charge < -0.3 is 5.32 Å². The van der Waals surface area contributed by atoms with E-state index in [4.69, 9.17) is 12.2 Å². The second-order valence-corrected chi connectivity index (χ2v) is 4.86. The van der Waals surface area contributed by atoms with Crippen LogP contribution in [0, 0.1) is 0 Å². The van der Waals surface area contributed by atoms with Gasteiger partial charge in [-0.25, -0.2) is 0 Å². The Hall–Kier alpha value is -2.34. The number of nitrogens with one attached hydrogen (secondary N) is 2. The first kappa shape index (κ1) is 15.1. The molecule has 1 aromatic heterocycles. The van der Waals surface area contributed by atoms with Crippen molar-refractivity contribution in [3.8, 4) is 0 Å². The van der Waals surface area contributed by atoms with Crippen LogP contribution in [0.3, 0.4) is 0 Å². The smallest absolute Gasteiger partial charge is 0.122 e. The molecule has 108 valence electrons. The van der Waals surface area contributed by atoms with Crippen molar-refractivity contribution in [2.45, 2.75) is 13.3 Å². The third-order valence-corrected chi connectivity index (χ3v) is 3.36. The number of hydrogen-bond acceptors (Lipinski definition) is 5. The minimum Gasteiger partial charge on any atom is -0.383 e. The van der Waals surface area contributed by atoms with Crippen molar-refractivity contribution in [3.05, 3.63) is 47.9 Å². The largest absolute Gasteiger partial charge is 0.383 e. The molecule has 21 heavy (non-hydrogen) atoms. The molecule has 0 radical (unpaired) electrons. The SMILES string of the molecule is C=N/C=C\C=C(/C)C(=S)N/N=C1/CCNc2cccnc21. The summed E-state index contributed by atoms with van der Waals surface area (Å²) in [6, 6.07) is 3.90. The molecule has 1 aromatic rings. The van der Waals surface area contributed by atoms with Crippen LogP contribution in [0.2, 0.25) is 0 Å². The molecule has 1 aliphatic rings. The highest BCUT2D eigenvalue weighted by atomic mass is 32.1. The summed E-state index contributed by atoms with van der Waals surface area (Å²) in [6.45, 7) is 6.13. The molecule has 6 heteroatoms. The number of nitrogens with zero attached hydrogens (tertiary/aromatic N) is 3. The fourth-order valence-corrected chi connectivity index (χ4v) is 1.96. The predicted octanol–water partition coefficient (Wildman–Crippen LogP) is 2.68. The van der Waals surface area contributed by atoms with Gasteiger partial charge in [0, 0.05) is 25.4 Å². The number of aliphatic imine (C=N–C) groups is 1. The number of pyridine rings is 1. The van der Waals surface area contributed by atoms with Crippen molar-refractivity contribution >= 4 is 35.3 Å². The van der Waals surface area contributed by atoms with E-state index >= 15 is 0 Å². The molecule has 2 heterocycles. The Morgan fingerprint density at radius 3 is 3.24 bits per heavy atom. The molecule has 0 amide bonds. The summed E-state index contributed by atoms with van der Waals surface area (Å²) in [5.74, 6) is 0. The molecular weight excluding hydrogens is 282 g/mol. The van der Waals surface area contributed by atoms with Gasteiger partial charge in [0.1, 0.15) is 10.7 Å². The summed E-state index contributed by atoms with van der Waals surface area (Å²) in [5.41, 5.74) is 6.61. The maximum absolute atomic E-state index is 5.29. The zero-order chi connectivity index (χ0) is 15.1. The van der Waals surface area contributed by atoms with Gasteiger partial charge in [0.15, 0.2) is 0 Å². The van der Waals surface area contributed by atoms with Gasteiger partial charge in [-0.1, -0.05) is 18.3 Å². The van der Waals surface area contributed by atoms with E-state index in [0.29, 0.717) is 4.99 Å². The Morgan fingerprint density at radius 1 is 1.57 bits per heavy atom. The fourth-order valence-electron chi connectivity index (χ4n) is 1.85. The lowest BCUT2D eigenvalue weighted by Gasteiger charge is -2.18. The van der Waals surface area contributed by atoms with Crippen molar-refractivity contribution in [1.29, 1.82) is 0 Å². The number of thiocarbonyl (C=S) groups is 1. The second kappa shape index (κ2) is 7.44. The van der Waals surface area contributed by atoms with Crippen molar-refractivity contribution < 1.29 is 0 Å². The molecule has 1 aliphatic heterocycles. The molecule has 5 nitrogen and oxygen atoms in total. The Balaban J connectivity index is 2.08. The second-order valence-electron chi connectivity index (χ2n) is 4.45. The molecule has 0 aromatic carbocycles. The standard InChI is InChI=1S/C15H17N5S/c1-11(5-3-8-16-2)15(21)20-19-13-7-10-17-12-6-4-9-18-14(12)13/h3-6,8-9,17H,2,7,10H2,1H3,(H,20,21)/b8-3-,11-5+,19-13-. The first-order valence-corrected chi connectivity index (χ1v) is 6.98. The fraction of sp³-hybridized carbons (Fsp3) is 0.200. The van der Waals surface area contributed by atoms with Crippen LogP contribution in [0.1, 0.15) is 19.0 Å². The van der Waals surface area contributed by atoms with Crippen LogP contribution in [0.5, 0.6) is 0 Å². The zero-order valence-electron chi connectivity index (χ0n) is 11.8. The number of anilines is 1. The molecule has 0 saturated heterocycles. The summed E-state index contributed by atoms with van der Waals surface area (Å²) < 4.78 is 0. The average Bonchev–Trinajstić information content (AvgIpc) is 2.52. The molecule has 0 aliphatic carbocycles. The molecule has 2 rings (SSSR count). The summed E-state index contributed by atoms with van der Waals surface area (Å²) in [4.78, 5) is 8.57. The van der Waals surface area contributed by atoms with Gasteiger partial charge in [-0.2, -0.15) is 5.10 Å². The molecule has 0 bridgehead atoms. The monoisotopic (exact) mass is 299 g/mol. The zero-order valence-corrected chi connectivity index (χ0v) is 12.7. The Labute approximate surface area is 129 Å². The highest BCUT2D eigenvalue weighted by molar-refractivity contribution is 7.80. The molecule has 2 N–H and O–H groups in total. The van der Waals surface area contributed by atoms with Crippen molar-refractivity contribution in [3.63, 3.8) is 0 Å². The van der Waals surface area contributed by atoms with E-state index in [-0.39, 0.29) is 0 Å². The first-order chi connectivity index (χ1) is 10.2. The van der Waals surface area contributed by atoms with Crippen LogP contribution < -0.4 is 10.7 Å². The lowest BCUT2D eigenvalue weighted by atomic mass is 10.1. The van der Waals surface area contributed by atoms with Gasteiger partial charge in [0.25, 0.3) is 0 Å². The summed E-state index contributed by atoms with van der Waals surface area (Å²) >= 11 is 5.29. The van der Waals surface area contributed by atoms with Gasteiger partial charge in [0.05, 0.1) is 11.4 Å². The van der Waals surface area contributed by atoms with Crippen molar-refractivity contribution in [2.75, 3.05) is 11.9 Å². The number of rotatable bonds is 4. The van der Waals surface area contributed by atoms with Crippen LogP contribution in [0.25, 0.3) is 0 Å². The first-order valence-electron chi connectivity index (χ1n) is 6.58. The molecule has 0 unspecified atom stereocenters. The van der Waals surface area contributed by atoms with Crippen LogP contribution >= 0.6 is 12.2 Å². The lowest BCUT2D eigenvalue weighted by Crippen LogP contribution is -2.24. The van der Waals surface area contributed by atoms with E-state index in [1.54, 1.807) is 18.5 Å². The van der Waals surface area contributed by atoms with Crippen molar-refractivity contribution in [1.82, 2.24) is 10.4 Å². The molecule has 0 atom stereocenters. The molecular formula is C15H17N5S. The summed E-state index contributed by atoms with van der Waals surface area (Å²) in [7, 11) is 0. The van der Waals surface area contributed by atoms with Crippen LogP contribution in [-0.2, 0) is 0 Å². The number of aromatic nitrogens is 1. The van der Waals surface area contributed by atoms with Gasteiger partial charge in [-0.05, 0) is 37.4 Å². The van der Waals surface area contributed by atoms with E-state index in [9.17, 15) is 0 Å². The number of allylic oxidation sites excluding steroid dienone is 2. The van der Waals surface area contributed by atoms with Crippen molar-refractivity contribution in [2.24, 2.45) is 10.1 Å². The minimum atomic E-state index is 0.576. The average molecular weight is 299 g/mol. The third-order valence-electron chi connectivity index (χ3n) is 2.95. The van der Waals surface area contributed by atoms with Crippen LogP contribution in [-0.4, -0.2) is 28.9 Å². The van der Waals surface area contributed by atoms with Crippen LogP contribution in [0.4, 0.5) is 5.69 Å². The molecule has 0 saturated carbocycles. The Bertz CT molecular complexity index is 631. The normalized spacial score (nSPS) is 16.4. The third kappa shape index (κ3) is 4.06. The molecule has 0 spiro atoms. The van der Waals surface area contributed by atoms with Gasteiger partial charge in [-0.3, -0.25) is 15.4 Å². The van der Waals surface area contributed by atoms with Gasteiger partial charge >= 0.3 is 0 Å². The quantitative estimate of drug-likeness (QED) is 0.295. The highest BCUT2D eigenvalue weighted by Crippen LogP contribution is 2.18. The maximum Gasteiger partial charge on any atom is 0.122 e.